The monoisotopic (exact) mass is 368 g/mol. The van der Waals surface area contributed by atoms with Gasteiger partial charge in [-0.15, -0.1) is 10.2 Å². The van der Waals surface area contributed by atoms with Gasteiger partial charge in [-0.1, -0.05) is 17.8 Å². The molecular weight excluding hydrogens is 348 g/mol. The summed E-state index contributed by atoms with van der Waals surface area (Å²) in [5.41, 5.74) is 1.16. The highest BCUT2D eigenvalue weighted by Crippen LogP contribution is 2.41. The summed E-state index contributed by atoms with van der Waals surface area (Å²) in [5, 5.41) is 21.3. The molecule has 1 aromatic heterocycles. The van der Waals surface area contributed by atoms with Gasteiger partial charge in [-0.3, -0.25) is 9.36 Å². The number of nitrogens with zero attached hydrogens (tertiary/aromatic N) is 5. The molecule has 0 bridgehead atoms. The van der Waals surface area contributed by atoms with Crippen LogP contribution in [0.4, 0.5) is 11.6 Å². The van der Waals surface area contributed by atoms with E-state index >= 15 is 0 Å². The summed E-state index contributed by atoms with van der Waals surface area (Å²) < 4.78 is 2.21. The number of rotatable bonds is 6. The maximum atomic E-state index is 12.3. The normalized spacial score (nSPS) is 16.5. The lowest BCUT2D eigenvalue weighted by molar-refractivity contribution is -0.113. The van der Waals surface area contributed by atoms with Gasteiger partial charge in [0.1, 0.15) is 0 Å². The highest BCUT2D eigenvalue weighted by molar-refractivity contribution is 7.99. The maximum Gasteiger partial charge on any atom is 0.234 e. The Bertz CT molecular complexity index is 848. The van der Waals surface area contributed by atoms with Crippen molar-refractivity contribution in [3.05, 3.63) is 29.8 Å². The number of benzene rings is 1. The third kappa shape index (κ3) is 3.68. The minimum atomic E-state index is -0.113. The molecule has 0 unspecified atom stereocenters. The first-order valence-electron chi connectivity index (χ1n) is 8.87. The van der Waals surface area contributed by atoms with Crippen LogP contribution in [0.25, 0.3) is 0 Å². The van der Waals surface area contributed by atoms with E-state index in [0.717, 1.165) is 37.0 Å². The number of carbonyl (C=O) groups is 1. The number of hydrogen-bond acceptors (Lipinski definition) is 6. The molecule has 1 N–H and O–H groups in total. The van der Waals surface area contributed by atoms with Crippen molar-refractivity contribution in [1.82, 2.24) is 14.8 Å². The molecule has 2 aliphatic rings. The molecule has 1 aromatic carbocycles. The Balaban J connectivity index is 1.41. The van der Waals surface area contributed by atoms with Crippen LogP contribution in [0.3, 0.4) is 0 Å². The van der Waals surface area contributed by atoms with Gasteiger partial charge in [-0.25, -0.2) is 0 Å². The summed E-state index contributed by atoms with van der Waals surface area (Å²) in [6, 6.07) is 9.46. The summed E-state index contributed by atoms with van der Waals surface area (Å²) in [6.07, 6.45) is 4.70. The summed E-state index contributed by atoms with van der Waals surface area (Å²) in [4.78, 5) is 14.6. The summed E-state index contributed by atoms with van der Waals surface area (Å²) in [7, 11) is 0. The van der Waals surface area contributed by atoms with E-state index in [-0.39, 0.29) is 11.7 Å². The van der Waals surface area contributed by atoms with Crippen LogP contribution >= 0.6 is 11.8 Å². The predicted molar refractivity (Wildman–Crippen MR) is 100 cm³/mol. The van der Waals surface area contributed by atoms with Crippen LogP contribution in [0.15, 0.2) is 29.4 Å². The molecule has 0 radical (unpaired) electrons. The molecular formula is C18H20N6OS. The summed E-state index contributed by atoms with van der Waals surface area (Å²) >= 11 is 1.42. The van der Waals surface area contributed by atoms with E-state index in [1.165, 1.54) is 24.6 Å². The fourth-order valence-corrected chi connectivity index (χ4v) is 3.95. The van der Waals surface area contributed by atoms with E-state index in [1.54, 1.807) is 24.3 Å². The average Bonchev–Trinajstić information content (AvgIpc) is 3.18. The van der Waals surface area contributed by atoms with Crippen molar-refractivity contribution in [3.8, 4) is 6.07 Å². The zero-order chi connectivity index (χ0) is 17.9. The second kappa shape index (κ2) is 7.38. The van der Waals surface area contributed by atoms with Crippen molar-refractivity contribution in [2.75, 3.05) is 29.1 Å². The molecule has 1 aliphatic heterocycles. The van der Waals surface area contributed by atoms with Crippen molar-refractivity contribution in [2.45, 2.75) is 36.9 Å². The van der Waals surface area contributed by atoms with Gasteiger partial charge in [0, 0.05) is 24.8 Å². The van der Waals surface area contributed by atoms with E-state index in [2.05, 4.69) is 31.1 Å². The van der Waals surface area contributed by atoms with Gasteiger partial charge in [0.15, 0.2) is 5.16 Å². The molecule has 1 amide bonds. The fourth-order valence-electron chi connectivity index (χ4n) is 3.15. The quantitative estimate of drug-likeness (QED) is 0.789. The second-order valence-electron chi connectivity index (χ2n) is 6.61. The zero-order valence-corrected chi connectivity index (χ0v) is 15.2. The van der Waals surface area contributed by atoms with Gasteiger partial charge in [-0.05, 0) is 43.9 Å². The zero-order valence-electron chi connectivity index (χ0n) is 14.4. The Labute approximate surface area is 156 Å². The molecule has 1 aliphatic carbocycles. The first kappa shape index (κ1) is 16.9. The summed E-state index contributed by atoms with van der Waals surface area (Å²) in [6.45, 7) is 2.07. The number of thioether (sulfide) groups is 1. The third-order valence-corrected chi connectivity index (χ3v) is 5.50. The van der Waals surface area contributed by atoms with Gasteiger partial charge in [-0.2, -0.15) is 5.26 Å². The van der Waals surface area contributed by atoms with Crippen LogP contribution in [0.5, 0.6) is 0 Å². The molecule has 134 valence electrons. The Morgan fingerprint density at radius 2 is 2.12 bits per heavy atom. The Kier molecular flexibility index (Phi) is 4.80. The molecule has 1 saturated heterocycles. The lowest BCUT2D eigenvalue weighted by Gasteiger charge is -2.17. The summed E-state index contributed by atoms with van der Waals surface area (Å²) in [5.74, 6) is 1.11. The van der Waals surface area contributed by atoms with Gasteiger partial charge >= 0.3 is 0 Å². The molecule has 2 aromatic rings. The molecule has 4 rings (SSSR count). The molecule has 0 spiro atoms. The molecule has 0 atom stereocenters. The van der Waals surface area contributed by atoms with Gasteiger partial charge in [0.25, 0.3) is 0 Å². The molecule has 1 saturated carbocycles. The number of hydrogen-bond donors (Lipinski definition) is 1. The van der Waals surface area contributed by atoms with Crippen LogP contribution < -0.4 is 10.2 Å². The molecule has 2 fully saturated rings. The van der Waals surface area contributed by atoms with Gasteiger partial charge in [0.05, 0.1) is 17.4 Å². The van der Waals surface area contributed by atoms with Crippen LogP contribution in [0.2, 0.25) is 0 Å². The van der Waals surface area contributed by atoms with Crippen LogP contribution in [-0.2, 0) is 4.79 Å². The number of aromatic nitrogens is 3. The minimum absolute atomic E-state index is 0.113. The van der Waals surface area contributed by atoms with E-state index < -0.39 is 0 Å². The Morgan fingerprint density at radius 1 is 1.31 bits per heavy atom. The van der Waals surface area contributed by atoms with Crippen LogP contribution in [0, 0.1) is 11.3 Å². The smallest absolute Gasteiger partial charge is 0.234 e. The molecule has 2 heterocycles. The first-order chi connectivity index (χ1) is 12.7. The van der Waals surface area contributed by atoms with Crippen molar-refractivity contribution in [1.29, 1.82) is 5.26 Å². The second-order valence-corrected chi connectivity index (χ2v) is 7.55. The maximum absolute atomic E-state index is 12.3. The predicted octanol–water partition coefficient (Wildman–Crippen LogP) is 2.82. The Hall–Kier alpha value is -2.53. The number of nitriles is 1. The lowest BCUT2D eigenvalue weighted by atomic mass is 10.2. The minimum Gasteiger partial charge on any atom is -0.341 e. The van der Waals surface area contributed by atoms with Crippen molar-refractivity contribution >= 4 is 29.3 Å². The highest BCUT2D eigenvalue weighted by Gasteiger charge is 2.32. The Morgan fingerprint density at radius 3 is 2.85 bits per heavy atom. The van der Waals surface area contributed by atoms with E-state index in [1.807, 2.05) is 0 Å². The van der Waals surface area contributed by atoms with E-state index in [0.29, 0.717) is 17.3 Å². The third-order valence-electron chi connectivity index (χ3n) is 4.56. The first-order valence-corrected chi connectivity index (χ1v) is 9.86. The molecule has 26 heavy (non-hydrogen) atoms. The average molecular weight is 368 g/mol. The van der Waals surface area contributed by atoms with Gasteiger partial charge < -0.3 is 10.2 Å². The molecule has 7 nitrogen and oxygen atoms in total. The number of amides is 1. The van der Waals surface area contributed by atoms with Gasteiger partial charge in [0.2, 0.25) is 11.9 Å². The van der Waals surface area contributed by atoms with E-state index in [9.17, 15) is 4.79 Å². The SMILES string of the molecule is N#Cc1cccc(NC(=O)CSc2nnc(N3CCCC3)n2C2CC2)c1. The van der Waals surface area contributed by atoms with Crippen LogP contribution in [-0.4, -0.2) is 39.5 Å². The molecule has 8 heteroatoms. The standard InChI is InChI=1S/C18H20N6OS/c19-11-13-4-3-5-14(10-13)20-16(25)12-26-18-22-21-17(23-8-1-2-9-23)24(18)15-6-7-15/h3-5,10,15H,1-2,6-9,12H2,(H,20,25). The number of nitrogens with one attached hydrogen (secondary N) is 1. The van der Waals surface area contributed by atoms with Crippen molar-refractivity contribution in [3.63, 3.8) is 0 Å². The number of anilines is 2. The van der Waals surface area contributed by atoms with Crippen molar-refractivity contribution < 1.29 is 4.79 Å². The fraction of sp³-hybridized carbons (Fsp3) is 0.444. The topological polar surface area (TPSA) is 86.8 Å². The van der Waals surface area contributed by atoms with Crippen LogP contribution in [0.1, 0.15) is 37.3 Å². The lowest BCUT2D eigenvalue weighted by Crippen LogP contribution is -2.22. The largest absolute Gasteiger partial charge is 0.341 e. The van der Waals surface area contributed by atoms with E-state index in [4.69, 9.17) is 5.26 Å². The highest BCUT2D eigenvalue weighted by atomic mass is 32.2. The number of carbonyl (C=O) groups excluding carboxylic acids is 1. The van der Waals surface area contributed by atoms with Crippen molar-refractivity contribution in [2.24, 2.45) is 0 Å².